The fourth-order valence-electron chi connectivity index (χ4n) is 5.93. The zero-order valence-corrected chi connectivity index (χ0v) is 23.1. The summed E-state index contributed by atoms with van der Waals surface area (Å²) in [6, 6.07) is 3.25. The molecule has 3 aliphatic rings. The summed E-state index contributed by atoms with van der Waals surface area (Å²) in [5.74, 6) is 0.155. The zero-order valence-electron chi connectivity index (χ0n) is 23.1. The van der Waals surface area contributed by atoms with Gasteiger partial charge in [-0.15, -0.1) is 0 Å². The molecule has 0 radical (unpaired) electrons. The van der Waals surface area contributed by atoms with E-state index in [9.17, 15) is 10.1 Å². The Morgan fingerprint density at radius 3 is 2.76 bits per heavy atom. The van der Waals surface area contributed by atoms with Crippen LogP contribution in [0.3, 0.4) is 0 Å². The maximum absolute atomic E-state index is 12.8. The monoisotopic (exact) mass is 512 g/mol. The van der Waals surface area contributed by atoms with Gasteiger partial charge in [0.25, 0.3) is 0 Å². The smallest absolute Gasteiger partial charge is 0.410 e. The van der Waals surface area contributed by atoms with Crippen LogP contribution >= 0.6 is 0 Å². The van der Waals surface area contributed by atoms with Gasteiger partial charge in [0.2, 0.25) is 0 Å². The highest BCUT2D eigenvalue weighted by Gasteiger charge is 2.37. The number of nitriles is 1. The lowest BCUT2D eigenvalue weighted by Gasteiger charge is -2.39. The van der Waals surface area contributed by atoms with Crippen LogP contribution in [-0.4, -0.2) is 76.8 Å². The van der Waals surface area contributed by atoms with Crippen LogP contribution in [0.2, 0.25) is 0 Å². The van der Waals surface area contributed by atoms with Crippen LogP contribution in [0, 0.1) is 11.3 Å². The van der Waals surface area contributed by atoms with Crippen molar-refractivity contribution in [3.05, 3.63) is 17.0 Å². The van der Waals surface area contributed by atoms with E-state index in [0.717, 1.165) is 43.7 Å². The summed E-state index contributed by atoms with van der Waals surface area (Å²) in [4.78, 5) is 26.7. The summed E-state index contributed by atoms with van der Waals surface area (Å²) >= 11 is 0. The summed E-state index contributed by atoms with van der Waals surface area (Å²) in [5.41, 5.74) is 2.69. The first kappa shape index (κ1) is 27.6. The van der Waals surface area contributed by atoms with E-state index in [1.165, 1.54) is 31.2 Å². The van der Waals surface area contributed by atoms with Crippen molar-refractivity contribution in [3.63, 3.8) is 0 Å². The number of rotatable bonds is 8. The summed E-state index contributed by atoms with van der Waals surface area (Å²) in [6.07, 6.45) is 8.54. The van der Waals surface area contributed by atoms with E-state index in [-0.39, 0.29) is 24.5 Å². The number of carbonyl (C=O) groups is 1. The van der Waals surface area contributed by atoms with Gasteiger partial charge in [0.1, 0.15) is 5.60 Å². The maximum atomic E-state index is 12.8. The Kier molecular flexibility index (Phi) is 9.25. The molecule has 1 aliphatic carbocycles. The SMILES string of the molecule is CN(CCCOc1nc2c(c(C3CCN(C(=O)OC(C)(C)C)[C@@H](CC#N)C3)n1)CCNC2)C1CCCC1. The highest BCUT2D eigenvalue weighted by Crippen LogP contribution is 2.36. The Balaban J connectivity index is 1.44. The van der Waals surface area contributed by atoms with Gasteiger partial charge >= 0.3 is 12.1 Å². The number of hydrogen-bond donors (Lipinski definition) is 1. The second-order valence-corrected chi connectivity index (χ2v) is 11.8. The molecule has 4 rings (SSSR count). The number of hydrogen-bond acceptors (Lipinski definition) is 8. The Morgan fingerprint density at radius 1 is 1.24 bits per heavy atom. The quantitative estimate of drug-likeness (QED) is 0.518. The highest BCUT2D eigenvalue weighted by atomic mass is 16.6. The van der Waals surface area contributed by atoms with Crippen LogP contribution in [0.1, 0.15) is 95.0 Å². The number of nitrogens with zero attached hydrogens (tertiary/aromatic N) is 5. The molecule has 3 heterocycles. The average Bonchev–Trinajstić information content (AvgIpc) is 3.40. The molecule has 1 amide bonds. The first-order valence-electron chi connectivity index (χ1n) is 14.0. The number of fused-ring (bicyclic) bond motifs is 1. The minimum Gasteiger partial charge on any atom is -0.463 e. The van der Waals surface area contributed by atoms with Crippen molar-refractivity contribution in [1.29, 1.82) is 5.26 Å². The average molecular weight is 513 g/mol. The predicted octanol–water partition coefficient (Wildman–Crippen LogP) is 4.16. The van der Waals surface area contributed by atoms with Gasteiger partial charge in [0.15, 0.2) is 0 Å². The third-order valence-corrected chi connectivity index (χ3v) is 7.84. The maximum Gasteiger partial charge on any atom is 0.410 e. The van der Waals surface area contributed by atoms with Gasteiger partial charge in [-0.1, -0.05) is 12.8 Å². The Bertz CT molecular complexity index is 966. The molecule has 2 atom stereocenters. The van der Waals surface area contributed by atoms with Crippen LogP contribution in [0.25, 0.3) is 0 Å². The first-order chi connectivity index (χ1) is 17.7. The fourth-order valence-corrected chi connectivity index (χ4v) is 5.93. The van der Waals surface area contributed by atoms with Crippen molar-refractivity contribution in [1.82, 2.24) is 25.1 Å². The summed E-state index contributed by atoms with van der Waals surface area (Å²) in [5, 5.41) is 12.9. The Hall–Kier alpha value is -2.44. The number of amides is 1. The molecule has 9 nitrogen and oxygen atoms in total. The second-order valence-electron chi connectivity index (χ2n) is 11.8. The molecular formula is C28H44N6O3. The number of ether oxygens (including phenoxy) is 2. The Morgan fingerprint density at radius 2 is 2.03 bits per heavy atom. The highest BCUT2D eigenvalue weighted by molar-refractivity contribution is 5.68. The summed E-state index contributed by atoms with van der Waals surface area (Å²) in [6.45, 7) is 9.37. The van der Waals surface area contributed by atoms with Crippen LogP contribution in [0.4, 0.5) is 4.79 Å². The molecule has 37 heavy (non-hydrogen) atoms. The van der Waals surface area contributed by atoms with E-state index >= 15 is 0 Å². The molecule has 0 aromatic carbocycles. The lowest BCUT2D eigenvalue weighted by molar-refractivity contribution is 0.00843. The van der Waals surface area contributed by atoms with E-state index in [1.807, 2.05) is 20.8 Å². The predicted molar refractivity (Wildman–Crippen MR) is 141 cm³/mol. The molecule has 1 saturated carbocycles. The second kappa shape index (κ2) is 12.4. The molecular weight excluding hydrogens is 468 g/mol. The third kappa shape index (κ3) is 7.32. The Labute approximate surface area is 221 Å². The van der Waals surface area contributed by atoms with E-state index in [0.29, 0.717) is 38.2 Å². The van der Waals surface area contributed by atoms with Crippen molar-refractivity contribution in [2.24, 2.45) is 0 Å². The fraction of sp³-hybridized carbons (Fsp3) is 0.786. The number of piperidine rings is 1. The zero-order chi connectivity index (χ0) is 26.4. The molecule has 2 aliphatic heterocycles. The van der Waals surface area contributed by atoms with Crippen LogP contribution in [-0.2, 0) is 17.7 Å². The number of nitrogens with one attached hydrogen (secondary N) is 1. The molecule has 1 aromatic rings. The van der Waals surface area contributed by atoms with Gasteiger partial charge in [-0.3, -0.25) is 0 Å². The largest absolute Gasteiger partial charge is 0.463 e. The first-order valence-corrected chi connectivity index (χ1v) is 14.0. The number of aromatic nitrogens is 2. The van der Waals surface area contributed by atoms with Crippen molar-refractivity contribution >= 4 is 6.09 Å². The molecule has 0 bridgehead atoms. The summed E-state index contributed by atoms with van der Waals surface area (Å²) in [7, 11) is 2.22. The van der Waals surface area contributed by atoms with Gasteiger partial charge in [-0.05, 0) is 78.5 Å². The van der Waals surface area contributed by atoms with Crippen molar-refractivity contribution in [3.8, 4) is 12.1 Å². The number of likely N-dealkylation sites (tertiary alicyclic amines) is 1. The lowest BCUT2D eigenvalue weighted by Crippen LogP contribution is -2.47. The molecule has 9 heteroatoms. The van der Waals surface area contributed by atoms with E-state index < -0.39 is 5.60 Å². The third-order valence-electron chi connectivity index (χ3n) is 7.84. The van der Waals surface area contributed by atoms with Crippen LogP contribution in [0.5, 0.6) is 6.01 Å². The van der Waals surface area contributed by atoms with Crippen molar-refractivity contribution in [2.75, 3.05) is 33.3 Å². The molecule has 1 saturated heterocycles. The minimum absolute atomic E-state index is 0.155. The summed E-state index contributed by atoms with van der Waals surface area (Å²) < 4.78 is 11.7. The van der Waals surface area contributed by atoms with Gasteiger partial charge in [0.05, 0.1) is 30.5 Å². The normalized spacial score (nSPS) is 22.5. The minimum atomic E-state index is -0.567. The van der Waals surface area contributed by atoms with E-state index in [1.54, 1.807) is 4.90 Å². The standard InChI is InChI=1S/C28H44N6O3/c1-28(2,3)37-27(35)34-16-12-20(18-22(34)10-13-29)25-23-11-14-30-19-24(23)31-26(32-25)36-17-7-15-33(4)21-8-5-6-9-21/h20-22,30H,5-12,14-19H2,1-4H3/t20?,22-/m0/s1. The van der Waals surface area contributed by atoms with Crippen LogP contribution in [0.15, 0.2) is 0 Å². The van der Waals surface area contributed by atoms with Crippen molar-refractivity contribution < 1.29 is 14.3 Å². The van der Waals surface area contributed by atoms with Crippen LogP contribution < -0.4 is 10.1 Å². The molecule has 1 N–H and O–H groups in total. The van der Waals surface area contributed by atoms with Gasteiger partial charge in [-0.2, -0.15) is 15.2 Å². The van der Waals surface area contributed by atoms with E-state index in [4.69, 9.17) is 19.4 Å². The molecule has 204 valence electrons. The van der Waals surface area contributed by atoms with Gasteiger partial charge in [0, 0.05) is 37.6 Å². The molecule has 0 spiro atoms. The molecule has 1 aromatic heterocycles. The molecule has 1 unspecified atom stereocenters. The topological polar surface area (TPSA) is 104 Å². The number of carbonyl (C=O) groups excluding carboxylic acids is 1. The van der Waals surface area contributed by atoms with Gasteiger partial charge in [-0.25, -0.2) is 4.79 Å². The molecule has 2 fully saturated rings. The van der Waals surface area contributed by atoms with Crippen molar-refractivity contribution in [2.45, 2.75) is 109 Å². The van der Waals surface area contributed by atoms with Gasteiger partial charge < -0.3 is 24.6 Å². The van der Waals surface area contributed by atoms with E-state index in [2.05, 4.69) is 23.3 Å². The lowest BCUT2D eigenvalue weighted by atomic mass is 9.84.